The molecule has 1 amide bonds. The Labute approximate surface area is 122 Å². The molecule has 4 N–H and O–H groups in total. The summed E-state index contributed by atoms with van der Waals surface area (Å²) in [6.07, 6.45) is -6.09. The van der Waals surface area contributed by atoms with Crippen molar-refractivity contribution in [3.63, 3.8) is 0 Å². The quantitative estimate of drug-likeness (QED) is 0.414. The second kappa shape index (κ2) is 6.82. The summed E-state index contributed by atoms with van der Waals surface area (Å²) in [6.45, 7) is 6.69. The van der Waals surface area contributed by atoms with Gasteiger partial charge in [0.2, 0.25) is 0 Å². The molecule has 1 unspecified atom stereocenters. The highest BCUT2D eigenvalue weighted by Crippen LogP contribution is 2.21. The number of piperazine rings is 1. The van der Waals surface area contributed by atoms with Crippen LogP contribution in [0.5, 0.6) is 0 Å². The highest BCUT2D eigenvalue weighted by Gasteiger charge is 2.47. The van der Waals surface area contributed by atoms with Crippen molar-refractivity contribution in [3.8, 4) is 0 Å². The molecule has 2 heterocycles. The molecule has 2 aliphatic rings. The number of amides is 1. The molecule has 8 heteroatoms. The molecule has 8 nitrogen and oxygen atoms in total. The fourth-order valence-electron chi connectivity index (χ4n) is 2.58. The molecule has 0 aromatic rings. The van der Waals surface area contributed by atoms with Crippen LogP contribution in [0.4, 0.5) is 0 Å². The van der Waals surface area contributed by atoms with Gasteiger partial charge >= 0.3 is 0 Å². The molecule has 2 rings (SSSR count). The monoisotopic (exact) mass is 302 g/mol. The number of hydrogen-bond acceptors (Lipinski definition) is 7. The van der Waals surface area contributed by atoms with E-state index in [-0.39, 0.29) is 0 Å². The third-order valence-electron chi connectivity index (χ3n) is 3.90. The topological polar surface area (TPSA) is 114 Å². The average molecular weight is 302 g/mol. The second-order valence-electron chi connectivity index (χ2n) is 5.33. The van der Waals surface area contributed by atoms with Gasteiger partial charge in [0.15, 0.2) is 12.4 Å². The van der Waals surface area contributed by atoms with Crippen LogP contribution in [0, 0.1) is 0 Å². The maximum absolute atomic E-state index is 12.3. The molecule has 2 saturated heterocycles. The van der Waals surface area contributed by atoms with Crippen molar-refractivity contribution in [1.29, 1.82) is 0 Å². The lowest BCUT2D eigenvalue weighted by Gasteiger charge is -2.41. The first-order valence-electron chi connectivity index (χ1n) is 6.95. The van der Waals surface area contributed by atoms with E-state index in [0.29, 0.717) is 26.2 Å². The van der Waals surface area contributed by atoms with E-state index in [1.807, 2.05) is 0 Å². The number of aliphatic hydroxyl groups is 4. The minimum atomic E-state index is -1.69. The first kappa shape index (κ1) is 16.3. The number of carbonyl (C=O) groups excluding carboxylic acids is 1. The van der Waals surface area contributed by atoms with Crippen LogP contribution in [-0.4, -0.2) is 99.6 Å². The Bertz CT molecular complexity index is 385. The van der Waals surface area contributed by atoms with E-state index in [1.54, 1.807) is 6.08 Å². The van der Waals surface area contributed by atoms with E-state index in [2.05, 4.69) is 11.5 Å². The summed E-state index contributed by atoms with van der Waals surface area (Å²) in [5, 5.41) is 38.3. The minimum Gasteiger partial charge on any atom is -0.387 e. The van der Waals surface area contributed by atoms with Gasteiger partial charge in [-0.3, -0.25) is 9.69 Å². The number of carbonyl (C=O) groups is 1. The lowest BCUT2D eigenvalue weighted by atomic mass is 9.98. The molecule has 0 aliphatic carbocycles. The summed E-state index contributed by atoms with van der Waals surface area (Å²) in [6, 6.07) is 0. The number of rotatable bonds is 3. The van der Waals surface area contributed by atoms with Gasteiger partial charge in [-0.25, -0.2) is 0 Å². The zero-order valence-electron chi connectivity index (χ0n) is 11.7. The Morgan fingerprint density at radius 3 is 2.29 bits per heavy atom. The Morgan fingerprint density at radius 1 is 1.10 bits per heavy atom. The third-order valence-corrected chi connectivity index (χ3v) is 3.90. The van der Waals surface area contributed by atoms with Gasteiger partial charge in [-0.15, -0.1) is 6.58 Å². The number of nitrogens with zero attached hydrogens (tertiary/aromatic N) is 2. The maximum Gasteiger partial charge on any atom is 0.254 e. The molecule has 0 aromatic carbocycles. The summed E-state index contributed by atoms with van der Waals surface area (Å²) >= 11 is 0. The zero-order valence-corrected chi connectivity index (χ0v) is 11.7. The molecule has 0 saturated carbocycles. The van der Waals surface area contributed by atoms with Crippen LogP contribution in [0.2, 0.25) is 0 Å². The standard InChI is InChI=1S/C13H22N2O6/c1-2-3-14-4-6-15(7-5-14)12(19)11-9(17)8(16)10(18)13(20)21-11/h2,8-11,13,16-18,20H,1,3-7H2/t8-,9-,10+,11-,13?/m0/s1. The van der Waals surface area contributed by atoms with E-state index in [0.717, 1.165) is 6.54 Å². The largest absolute Gasteiger partial charge is 0.387 e. The van der Waals surface area contributed by atoms with E-state index in [4.69, 9.17) is 4.74 Å². The Balaban J connectivity index is 1.95. The predicted octanol–water partition coefficient (Wildman–Crippen LogP) is -2.88. The zero-order chi connectivity index (χ0) is 15.6. The van der Waals surface area contributed by atoms with Crippen LogP contribution in [0.3, 0.4) is 0 Å². The molecule has 2 aliphatic heterocycles. The Morgan fingerprint density at radius 2 is 1.71 bits per heavy atom. The van der Waals surface area contributed by atoms with Gasteiger partial charge in [0.05, 0.1) is 0 Å². The summed E-state index contributed by atoms with van der Waals surface area (Å²) in [5.74, 6) is -0.495. The van der Waals surface area contributed by atoms with Crippen LogP contribution in [0.25, 0.3) is 0 Å². The molecule has 21 heavy (non-hydrogen) atoms. The predicted molar refractivity (Wildman–Crippen MR) is 72.1 cm³/mol. The van der Waals surface area contributed by atoms with Crippen LogP contribution in [0.15, 0.2) is 12.7 Å². The van der Waals surface area contributed by atoms with Crippen molar-refractivity contribution in [2.24, 2.45) is 0 Å². The van der Waals surface area contributed by atoms with E-state index >= 15 is 0 Å². The van der Waals surface area contributed by atoms with Crippen molar-refractivity contribution in [1.82, 2.24) is 9.80 Å². The number of ether oxygens (including phenoxy) is 1. The average Bonchev–Trinajstić information content (AvgIpc) is 2.49. The third kappa shape index (κ3) is 3.42. The normalized spacial score (nSPS) is 38.3. The van der Waals surface area contributed by atoms with Crippen LogP contribution >= 0.6 is 0 Å². The molecule has 0 radical (unpaired) electrons. The van der Waals surface area contributed by atoms with Crippen LogP contribution < -0.4 is 0 Å². The Hall–Kier alpha value is -1.03. The van der Waals surface area contributed by atoms with Crippen molar-refractivity contribution >= 4 is 5.91 Å². The van der Waals surface area contributed by atoms with Gasteiger partial charge in [-0.2, -0.15) is 0 Å². The summed E-state index contributed by atoms with van der Waals surface area (Å²) < 4.78 is 4.95. The number of aliphatic hydroxyl groups excluding tert-OH is 4. The lowest BCUT2D eigenvalue weighted by Crippen LogP contribution is -2.63. The van der Waals surface area contributed by atoms with Crippen molar-refractivity contribution in [2.75, 3.05) is 32.7 Å². The van der Waals surface area contributed by atoms with Gasteiger partial charge in [-0.05, 0) is 0 Å². The minimum absolute atomic E-state index is 0.466. The maximum atomic E-state index is 12.3. The fourth-order valence-corrected chi connectivity index (χ4v) is 2.58. The van der Waals surface area contributed by atoms with Gasteiger partial charge in [0.25, 0.3) is 5.91 Å². The van der Waals surface area contributed by atoms with E-state index < -0.39 is 36.6 Å². The van der Waals surface area contributed by atoms with Gasteiger partial charge < -0.3 is 30.1 Å². The van der Waals surface area contributed by atoms with Gasteiger partial charge in [0, 0.05) is 32.7 Å². The molecule has 2 fully saturated rings. The van der Waals surface area contributed by atoms with Crippen molar-refractivity contribution in [3.05, 3.63) is 12.7 Å². The Kier molecular flexibility index (Phi) is 5.31. The van der Waals surface area contributed by atoms with E-state index in [1.165, 1.54) is 4.90 Å². The molecular formula is C13H22N2O6. The van der Waals surface area contributed by atoms with Gasteiger partial charge in [0.1, 0.15) is 18.3 Å². The second-order valence-corrected chi connectivity index (χ2v) is 5.33. The fraction of sp³-hybridized carbons (Fsp3) is 0.769. The summed E-state index contributed by atoms with van der Waals surface area (Å²) in [4.78, 5) is 16.0. The highest BCUT2D eigenvalue weighted by atomic mass is 16.6. The first-order valence-corrected chi connectivity index (χ1v) is 6.95. The lowest BCUT2D eigenvalue weighted by molar-refractivity contribution is -0.278. The summed E-state index contributed by atoms with van der Waals surface area (Å²) in [7, 11) is 0. The van der Waals surface area contributed by atoms with Gasteiger partial charge in [-0.1, -0.05) is 6.08 Å². The smallest absolute Gasteiger partial charge is 0.254 e. The van der Waals surface area contributed by atoms with E-state index in [9.17, 15) is 25.2 Å². The molecular weight excluding hydrogens is 280 g/mol. The molecule has 5 atom stereocenters. The first-order chi connectivity index (χ1) is 9.95. The molecule has 0 bridgehead atoms. The van der Waals surface area contributed by atoms with Crippen molar-refractivity contribution < 1.29 is 30.0 Å². The number of hydrogen-bond donors (Lipinski definition) is 4. The van der Waals surface area contributed by atoms with Crippen LogP contribution in [0.1, 0.15) is 0 Å². The highest BCUT2D eigenvalue weighted by molar-refractivity contribution is 5.82. The van der Waals surface area contributed by atoms with Crippen molar-refractivity contribution in [2.45, 2.75) is 30.7 Å². The molecule has 0 aromatic heterocycles. The molecule has 120 valence electrons. The SMILES string of the molecule is C=CCN1CCN(C(=O)[C@H]2OC(O)[C@H](O)[C@@H](O)[C@@H]2O)CC1. The molecule has 0 spiro atoms. The summed E-state index contributed by atoms with van der Waals surface area (Å²) in [5.41, 5.74) is 0. The van der Waals surface area contributed by atoms with Crippen LogP contribution in [-0.2, 0) is 9.53 Å².